The van der Waals surface area contributed by atoms with Crippen molar-refractivity contribution in [1.82, 2.24) is 30.0 Å². The Morgan fingerprint density at radius 2 is 2.23 bits per heavy atom. The van der Waals surface area contributed by atoms with Gasteiger partial charge in [-0.25, -0.2) is 9.97 Å². The molecule has 0 radical (unpaired) electrons. The van der Waals surface area contributed by atoms with E-state index in [1.807, 2.05) is 32.2 Å². The number of carbonyl (C=O) groups excluding carboxylic acids is 1. The number of aromatic amines is 1. The monoisotopic (exact) mass is 368 g/mol. The summed E-state index contributed by atoms with van der Waals surface area (Å²) in [6, 6.07) is 5.60. The van der Waals surface area contributed by atoms with Gasteiger partial charge in [-0.3, -0.25) is 9.48 Å². The number of hydrogen-bond donors (Lipinski definition) is 2. The lowest BCUT2D eigenvalue weighted by atomic mass is 10.1. The molecule has 7 nitrogen and oxygen atoms in total. The largest absolute Gasteiger partial charge is 0.352 e. The van der Waals surface area contributed by atoms with Gasteiger partial charge in [0.25, 0.3) is 5.91 Å². The van der Waals surface area contributed by atoms with Crippen molar-refractivity contribution in [2.45, 2.75) is 13.3 Å². The lowest BCUT2D eigenvalue weighted by Crippen LogP contribution is -2.23. The summed E-state index contributed by atoms with van der Waals surface area (Å²) < 4.78 is 1.76. The number of halogens is 1. The van der Waals surface area contributed by atoms with Gasteiger partial charge in [0.2, 0.25) is 0 Å². The number of fused-ring (bicyclic) bond motifs is 2. The van der Waals surface area contributed by atoms with E-state index in [4.69, 9.17) is 11.6 Å². The van der Waals surface area contributed by atoms with Crippen LogP contribution in [0.25, 0.3) is 33.5 Å². The number of nitrogens with zero attached hydrogens (tertiary/aromatic N) is 4. The number of aromatic nitrogens is 5. The van der Waals surface area contributed by atoms with Crippen LogP contribution in [-0.4, -0.2) is 37.2 Å². The zero-order valence-electron chi connectivity index (χ0n) is 14.4. The predicted octanol–water partition coefficient (Wildman–Crippen LogP) is 3.30. The van der Waals surface area contributed by atoms with Crippen molar-refractivity contribution >= 4 is 39.6 Å². The highest BCUT2D eigenvalue weighted by atomic mass is 35.5. The van der Waals surface area contributed by atoms with Crippen LogP contribution in [0.2, 0.25) is 5.02 Å². The minimum Gasteiger partial charge on any atom is -0.352 e. The predicted molar refractivity (Wildman–Crippen MR) is 101 cm³/mol. The molecule has 0 atom stereocenters. The molecule has 4 rings (SSSR count). The van der Waals surface area contributed by atoms with Crippen molar-refractivity contribution in [1.29, 1.82) is 0 Å². The van der Waals surface area contributed by atoms with Gasteiger partial charge in [-0.05, 0) is 24.6 Å². The van der Waals surface area contributed by atoms with E-state index in [2.05, 4.69) is 25.4 Å². The molecule has 3 heterocycles. The second-order valence-electron chi connectivity index (χ2n) is 6.04. The molecular formula is C18H17ClN6O. The molecule has 0 saturated heterocycles. The van der Waals surface area contributed by atoms with Gasteiger partial charge in [0.15, 0.2) is 5.65 Å². The molecular weight excluding hydrogens is 352 g/mol. The first-order valence-electron chi connectivity index (χ1n) is 8.33. The third-order valence-electron chi connectivity index (χ3n) is 4.22. The normalized spacial score (nSPS) is 11.3. The molecule has 8 heteroatoms. The van der Waals surface area contributed by atoms with Crippen LogP contribution in [0.4, 0.5) is 0 Å². The van der Waals surface area contributed by atoms with Crippen LogP contribution < -0.4 is 5.32 Å². The third-order valence-corrected chi connectivity index (χ3v) is 4.45. The van der Waals surface area contributed by atoms with Gasteiger partial charge in [-0.2, -0.15) is 5.10 Å². The first-order valence-corrected chi connectivity index (χ1v) is 8.71. The maximum Gasteiger partial charge on any atom is 0.255 e. The molecule has 132 valence electrons. The lowest BCUT2D eigenvalue weighted by Gasteiger charge is -2.02. The van der Waals surface area contributed by atoms with Gasteiger partial charge < -0.3 is 10.3 Å². The van der Waals surface area contributed by atoms with Crippen LogP contribution in [-0.2, 0) is 7.05 Å². The van der Waals surface area contributed by atoms with E-state index >= 15 is 0 Å². The molecule has 0 unspecified atom stereocenters. The van der Waals surface area contributed by atoms with Crippen LogP contribution in [0.1, 0.15) is 23.7 Å². The Morgan fingerprint density at radius 1 is 1.38 bits per heavy atom. The van der Waals surface area contributed by atoms with Crippen molar-refractivity contribution in [2.75, 3.05) is 6.54 Å². The van der Waals surface area contributed by atoms with Crippen molar-refractivity contribution in [2.24, 2.45) is 7.05 Å². The van der Waals surface area contributed by atoms with Crippen LogP contribution in [0.3, 0.4) is 0 Å². The first kappa shape index (κ1) is 16.5. The fraction of sp³-hybridized carbons (Fsp3) is 0.222. The van der Waals surface area contributed by atoms with Crippen LogP contribution >= 0.6 is 11.6 Å². The number of benzene rings is 1. The lowest BCUT2D eigenvalue weighted by molar-refractivity contribution is 0.0955. The Labute approximate surface area is 154 Å². The molecule has 0 spiro atoms. The number of nitrogens with one attached hydrogen (secondary N) is 2. The SMILES string of the molecule is CCCNC(=O)c1c[nH]c2ncc(-c3nn(C)c4cc(Cl)ccc34)nc12. The summed E-state index contributed by atoms with van der Waals surface area (Å²) in [4.78, 5) is 24.4. The van der Waals surface area contributed by atoms with Gasteiger partial charge in [-0.15, -0.1) is 0 Å². The Hall–Kier alpha value is -2.93. The molecule has 1 amide bonds. The third kappa shape index (κ3) is 2.70. The average Bonchev–Trinajstić information content (AvgIpc) is 3.20. The molecule has 1 aromatic carbocycles. The first-order chi connectivity index (χ1) is 12.6. The molecule has 26 heavy (non-hydrogen) atoms. The Balaban J connectivity index is 1.84. The second-order valence-corrected chi connectivity index (χ2v) is 6.48. The molecule has 0 saturated carbocycles. The summed E-state index contributed by atoms with van der Waals surface area (Å²) in [5.74, 6) is -0.165. The zero-order valence-corrected chi connectivity index (χ0v) is 15.1. The maximum atomic E-state index is 12.3. The fourth-order valence-electron chi connectivity index (χ4n) is 2.93. The van der Waals surface area contributed by atoms with Crippen LogP contribution in [0.15, 0.2) is 30.6 Å². The van der Waals surface area contributed by atoms with E-state index < -0.39 is 0 Å². The average molecular weight is 369 g/mol. The standard InChI is InChI=1S/C18H17ClN6O/c1-3-6-20-18(26)12-8-21-17-16(12)23-13(9-22-17)15-11-5-4-10(19)7-14(11)25(2)24-15/h4-5,7-9H,3,6H2,1-2H3,(H,20,26)(H,21,22). The molecule has 2 N–H and O–H groups in total. The molecule has 0 bridgehead atoms. The van der Waals surface area contributed by atoms with E-state index in [1.165, 1.54) is 0 Å². The highest BCUT2D eigenvalue weighted by Crippen LogP contribution is 2.29. The molecule has 0 fully saturated rings. The Kier molecular flexibility index (Phi) is 4.08. The van der Waals surface area contributed by atoms with Gasteiger partial charge in [0.1, 0.15) is 16.9 Å². The van der Waals surface area contributed by atoms with E-state index in [1.54, 1.807) is 17.1 Å². The highest BCUT2D eigenvalue weighted by Gasteiger charge is 2.17. The summed E-state index contributed by atoms with van der Waals surface area (Å²) in [7, 11) is 1.86. The molecule has 4 aromatic rings. The quantitative estimate of drug-likeness (QED) is 0.578. The zero-order chi connectivity index (χ0) is 18.3. The summed E-state index contributed by atoms with van der Waals surface area (Å²) in [5, 5.41) is 9.00. The number of hydrogen-bond acceptors (Lipinski definition) is 4. The molecule has 0 aliphatic heterocycles. The molecule has 0 aliphatic rings. The number of rotatable bonds is 4. The smallest absolute Gasteiger partial charge is 0.255 e. The van der Waals surface area contributed by atoms with Crippen LogP contribution in [0.5, 0.6) is 0 Å². The number of aryl methyl sites for hydroxylation is 1. The van der Waals surface area contributed by atoms with Gasteiger partial charge in [0.05, 0.1) is 17.3 Å². The maximum absolute atomic E-state index is 12.3. The summed E-state index contributed by atoms with van der Waals surface area (Å²) in [6.45, 7) is 2.62. The highest BCUT2D eigenvalue weighted by molar-refractivity contribution is 6.31. The van der Waals surface area contributed by atoms with E-state index in [9.17, 15) is 4.79 Å². The van der Waals surface area contributed by atoms with E-state index in [-0.39, 0.29) is 5.91 Å². The Bertz CT molecular complexity index is 1130. The van der Waals surface area contributed by atoms with Gasteiger partial charge in [0, 0.05) is 30.2 Å². The van der Waals surface area contributed by atoms with Crippen molar-refractivity contribution in [3.8, 4) is 11.4 Å². The summed E-state index contributed by atoms with van der Waals surface area (Å²) in [6.07, 6.45) is 4.16. The topological polar surface area (TPSA) is 88.5 Å². The summed E-state index contributed by atoms with van der Waals surface area (Å²) in [5.41, 5.74) is 3.79. The number of carbonyl (C=O) groups is 1. The second kappa shape index (κ2) is 6.42. The van der Waals surface area contributed by atoms with E-state index in [0.29, 0.717) is 39.7 Å². The van der Waals surface area contributed by atoms with Crippen molar-refractivity contribution in [3.05, 3.63) is 41.2 Å². The minimum atomic E-state index is -0.165. The molecule has 3 aromatic heterocycles. The Morgan fingerprint density at radius 3 is 3.04 bits per heavy atom. The van der Waals surface area contributed by atoms with Crippen molar-refractivity contribution < 1.29 is 4.79 Å². The fourth-order valence-corrected chi connectivity index (χ4v) is 3.10. The minimum absolute atomic E-state index is 0.165. The van der Waals surface area contributed by atoms with Crippen molar-refractivity contribution in [3.63, 3.8) is 0 Å². The van der Waals surface area contributed by atoms with Crippen LogP contribution in [0, 0.1) is 0 Å². The number of H-pyrrole nitrogens is 1. The van der Waals surface area contributed by atoms with E-state index in [0.717, 1.165) is 17.3 Å². The number of amides is 1. The molecule has 0 aliphatic carbocycles. The van der Waals surface area contributed by atoms with Gasteiger partial charge >= 0.3 is 0 Å². The summed E-state index contributed by atoms with van der Waals surface area (Å²) >= 11 is 6.09. The van der Waals surface area contributed by atoms with Gasteiger partial charge in [-0.1, -0.05) is 18.5 Å².